The zero-order valence-corrected chi connectivity index (χ0v) is 21.3. The molecule has 0 atom stereocenters. The number of rotatable bonds is 8. The molecule has 4 rings (SSSR count). The molecular weight excluding hydrogens is 491 g/mol. The maximum Gasteiger partial charge on any atom is 0.538 e. The predicted octanol–water partition coefficient (Wildman–Crippen LogP) is 6.51. The van der Waals surface area contributed by atoms with Crippen LogP contribution in [0.15, 0.2) is 115 Å². The maximum atomic E-state index is 11.5. The number of para-hydroxylation sites is 1. The zero-order valence-electron chi connectivity index (χ0n) is 21.3. The van der Waals surface area contributed by atoms with Gasteiger partial charge in [-0.25, -0.2) is 4.84 Å². The lowest BCUT2D eigenvalue weighted by molar-refractivity contribution is -0.351. The van der Waals surface area contributed by atoms with Crippen LogP contribution < -0.4 is 21.7 Å². The number of hydrogen-bond donors (Lipinski definition) is 3. The minimum absolute atomic E-state index is 0.0163. The number of nitrogens with two attached hydrogens (primary N) is 2. The molecular formula is C30H34F3N3O2. The average Bonchev–Trinajstić information content (AvgIpc) is 2.95. The lowest BCUT2D eigenvalue weighted by atomic mass is 10.00. The highest BCUT2D eigenvalue weighted by Crippen LogP contribution is 2.18. The second-order valence-electron chi connectivity index (χ2n) is 7.90. The Labute approximate surface area is 222 Å². The normalized spacial score (nSPS) is 10.6. The minimum atomic E-state index is -4.63. The molecule has 0 saturated heterocycles. The molecule has 0 unspecified atom stereocenters. The smallest absolute Gasteiger partial charge is 0.494 e. The number of nitrogens with one attached hydrogen (secondary N) is 1. The third-order valence-corrected chi connectivity index (χ3v) is 5.12. The van der Waals surface area contributed by atoms with Gasteiger partial charge in [-0.05, 0) is 29.7 Å². The first-order valence-electron chi connectivity index (χ1n) is 12.1. The van der Waals surface area contributed by atoms with Gasteiger partial charge in [0.1, 0.15) is 5.75 Å². The number of alkyl halides is 3. The van der Waals surface area contributed by atoms with Gasteiger partial charge in [0.05, 0.1) is 12.6 Å². The second kappa shape index (κ2) is 16.9. The Hall–Kier alpha value is -3.69. The quantitative estimate of drug-likeness (QED) is 0.229. The molecule has 5 N–H and O–H groups in total. The van der Waals surface area contributed by atoms with E-state index in [0.717, 1.165) is 28.0 Å². The van der Waals surface area contributed by atoms with Crippen molar-refractivity contribution in [3.05, 3.63) is 138 Å². The standard InChI is InChI=1S/C13H13N.C9H13NO.C8H8F3NO/c14-13(11-7-3-1-4-8-11)12-9-5-2-6-10-12;1-2-11-9-6-4-3-5-8(9)7-10;9-8(10,11)13-12-6-7-4-2-1-3-5-7/h1-10,13H,14H2;3-6H,2,7,10H2,1H3;1-5,12H,6H2. The highest BCUT2D eigenvalue weighted by atomic mass is 19.4. The highest BCUT2D eigenvalue weighted by molar-refractivity contribution is 5.33. The number of benzene rings is 4. The van der Waals surface area contributed by atoms with E-state index in [0.29, 0.717) is 13.2 Å². The lowest BCUT2D eigenvalue weighted by Gasteiger charge is -2.11. The summed E-state index contributed by atoms with van der Waals surface area (Å²) in [6, 6.07) is 36.7. The molecule has 0 bridgehead atoms. The first-order valence-corrected chi connectivity index (χ1v) is 12.1. The summed E-state index contributed by atoms with van der Waals surface area (Å²) in [5.74, 6) is 0.900. The fourth-order valence-corrected chi connectivity index (χ4v) is 3.28. The van der Waals surface area contributed by atoms with Gasteiger partial charge in [0, 0.05) is 18.7 Å². The molecule has 4 aromatic rings. The van der Waals surface area contributed by atoms with Crippen LogP contribution in [-0.4, -0.2) is 13.0 Å². The molecule has 5 nitrogen and oxygen atoms in total. The summed E-state index contributed by atoms with van der Waals surface area (Å²) in [5, 5.41) is 0. The maximum absolute atomic E-state index is 11.5. The van der Waals surface area contributed by atoms with Crippen LogP contribution in [0.5, 0.6) is 5.75 Å². The second-order valence-corrected chi connectivity index (χ2v) is 7.90. The Morgan fingerprint density at radius 2 is 1.21 bits per heavy atom. The first kappa shape index (κ1) is 30.5. The largest absolute Gasteiger partial charge is 0.538 e. The van der Waals surface area contributed by atoms with E-state index in [-0.39, 0.29) is 12.6 Å². The van der Waals surface area contributed by atoms with E-state index in [1.807, 2.05) is 73.1 Å². The van der Waals surface area contributed by atoms with Crippen LogP contribution in [0.2, 0.25) is 0 Å². The Bertz CT molecular complexity index is 1110. The van der Waals surface area contributed by atoms with E-state index in [1.54, 1.807) is 30.3 Å². The van der Waals surface area contributed by atoms with Gasteiger partial charge in [0.15, 0.2) is 0 Å². The topological polar surface area (TPSA) is 82.5 Å². The molecule has 0 aromatic heterocycles. The van der Waals surface area contributed by atoms with E-state index < -0.39 is 6.36 Å². The molecule has 0 heterocycles. The summed E-state index contributed by atoms with van der Waals surface area (Å²) in [7, 11) is 0. The summed E-state index contributed by atoms with van der Waals surface area (Å²) in [6.07, 6.45) is -4.63. The van der Waals surface area contributed by atoms with E-state index in [2.05, 4.69) is 29.1 Å². The molecule has 8 heteroatoms. The van der Waals surface area contributed by atoms with Crippen LogP contribution >= 0.6 is 0 Å². The number of ether oxygens (including phenoxy) is 1. The summed E-state index contributed by atoms with van der Waals surface area (Å²) in [6.45, 7) is 3.22. The van der Waals surface area contributed by atoms with Gasteiger partial charge in [-0.2, -0.15) is 5.48 Å². The summed E-state index contributed by atoms with van der Waals surface area (Å²) < 4.78 is 39.8. The van der Waals surface area contributed by atoms with Crippen LogP contribution in [0.25, 0.3) is 0 Å². The van der Waals surface area contributed by atoms with Gasteiger partial charge in [-0.15, -0.1) is 13.2 Å². The van der Waals surface area contributed by atoms with E-state index in [9.17, 15) is 13.2 Å². The Kier molecular flexibility index (Phi) is 13.6. The molecule has 0 fully saturated rings. The number of halogens is 3. The average molecular weight is 526 g/mol. The van der Waals surface area contributed by atoms with E-state index >= 15 is 0 Å². The van der Waals surface area contributed by atoms with Gasteiger partial charge < -0.3 is 16.2 Å². The van der Waals surface area contributed by atoms with Gasteiger partial charge >= 0.3 is 6.36 Å². The minimum Gasteiger partial charge on any atom is -0.494 e. The van der Waals surface area contributed by atoms with Crippen LogP contribution in [0, 0.1) is 0 Å². The van der Waals surface area contributed by atoms with Crippen molar-refractivity contribution in [3.8, 4) is 5.75 Å². The lowest BCUT2D eigenvalue weighted by Crippen LogP contribution is -2.25. The Morgan fingerprint density at radius 1 is 0.737 bits per heavy atom. The van der Waals surface area contributed by atoms with Crippen LogP contribution in [0.3, 0.4) is 0 Å². The SMILES string of the molecule is CCOc1ccccc1CN.FC(F)(F)ONCc1ccccc1.NC(c1ccccc1)c1ccccc1. The Balaban J connectivity index is 0.000000202. The molecule has 202 valence electrons. The third-order valence-electron chi connectivity index (χ3n) is 5.12. The van der Waals surface area contributed by atoms with Gasteiger partial charge in [0.25, 0.3) is 0 Å². The van der Waals surface area contributed by atoms with Crippen LogP contribution in [0.4, 0.5) is 13.2 Å². The van der Waals surface area contributed by atoms with Crippen molar-refractivity contribution in [3.63, 3.8) is 0 Å². The molecule has 0 aliphatic carbocycles. The summed E-state index contributed by atoms with van der Waals surface area (Å²) in [4.78, 5) is 3.38. The van der Waals surface area contributed by atoms with Crippen molar-refractivity contribution in [2.45, 2.75) is 32.4 Å². The molecule has 0 radical (unpaired) electrons. The van der Waals surface area contributed by atoms with Gasteiger partial charge in [0.2, 0.25) is 0 Å². The molecule has 4 aromatic carbocycles. The van der Waals surface area contributed by atoms with Crippen LogP contribution in [-0.2, 0) is 17.9 Å². The van der Waals surface area contributed by atoms with Crippen LogP contribution in [0.1, 0.15) is 35.2 Å². The van der Waals surface area contributed by atoms with Gasteiger partial charge in [-0.3, -0.25) is 0 Å². The van der Waals surface area contributed by atoms with Crippen molar-refractivity contribution in [1.29, 1.82) is 0 Å². The molecule has 0 spiro atoms. The first-order chi connectivity index (χ1) is 18.3. The predicted molar refractivity (Wildman–Crippen MR) is 145 cm³/mol. The number of hydroxylamine groups is 1. The monoisotopic (exact) mass is 525 g/mol. The third kappa shape index (κ3) is 12.0. The molecule has 0 saturated carbocycles. The zero-order chi connectivity index (χ0) is 27.6. The Morgan fingerprint density at radius 3 is 1.68 bits per heavy atom. The molecule has 0 aliphatic rings. The summed E-state index contributed by atoms with van der Waals surface area (Å²) >= 11 is 0. The molecule has 0 amide bonds. The van der Waals surface area contributed by atoms with Gasteiger partial charge in [-0.1, -0.05) is 109 Å². The summed E-state index contributed by atoms with van der Waals surface area (Å²) in [5.41, 5.74) is 17.5. The molecule has 0 aliphatic heterocycles. The van der Waals surface area contributed by atoms with Crippen molar-refractivity contribution in [1.82, 2.24) is 5.48 Å². The number of hydrogen-bond acceptors (Lipinski definition) is 5. The van der Waals surface area contributed by atoms with E-state index in [1.165, 1.54) is 0 Å². The van der Waals surface area contributed by atoms with E-state index in [4.69, 9.17) is 16.2 Å². The van der Waals surface area contributed by atoms with Crippen molar-refractivity contribution >= 4 is 0 Å². The molecule has 38 heavy (non-hydrogen) atoms. The fraction of sp³-hybridized carbons (Fsp3) is 0.200. The van der Waals surface area contributed by atoms with Crippen molar-refractivity contribution in [2.75, 3.05) is 6.61 Å². The fourth-order valence-electron chi connectivity index (χ4n) is 3.28. The highest BCUT2D eigenvalue weighted by Gasteiger charge is 2.29. The van der Waals surface area contributed by atoms with Crippen molar-refractivity contribution < 1.29 is 22.7 Å². The van der Waals surface area contributed by atoms with Crippen molar-refractivity contribution in [2.24, 2.45) is 11.5 Å².